The van der Waals surface area contributed by atoms with Gasteiger partial charge >= 0.3 is 0 Å². The van der Waals surface area contributed by atoms with Crippen molar-refractivity contribution in [1.82, 2.24) is 0 Å². The molecule has 2 N–H and O–H groups in total. The molecule has 0 aliphatic heterocycles. The molecule has 1 aliphatic carbocycles. The van der Waals surface area contributed by atoms with Crippen LogP contribution in [-0.4, -0.2) is 36.0 Å². The highest BCUT2D eigenvalue weighted by molar-refractivity contribution is 6.34. The SMILES string of the molecule is COc1cc(OC)c(C(=O)[C@@]2(C)C(O)=CC(=O)C[C@H]2C)c(O)c1Cl. The summed E-state index contributed by atoms with van der Waals surface area (Å²) in [5.74, 6) is -1.92. The van der Waals surface area contributed by atoms with Crippen molar-refractivity contribution in [2.24, 2.45) is 11.3 Å². The zero-order chi connectivity index (χ0) is 18.2. The van der Waals surface area contributed by atoms with E-state index < -0.39 is 22.9 Å². The molecule has 0 radical (unpaired) electrons. The average Bonchev–Trinajstić information content (AvgIpc) is 2.54. The van der Waals surface area contributed by atoms with Gasteiger partial charge in [0.05, 0.1) is 19.6 Å². The molecule has 130 valence electrons. The lowest BCUT2D eigenvalue weighted by Gasteiger charge is -2.36. The summed E-state index contributed by atoms with van der Waals surface area (Å²) in [6, 6.07) is 1.39. The number of halogens is 1. The third-order valence-electron chi connectivity index (χ3n) is 4.63. The lowest BCUT2D eigenvalue weighted by molar-refractivity contribution is -0.117. The molecule has 0 amide bonds. The number of aromatic hydroxyl groups is 1. The molecular formula is C17H19ClO6. The molecule has 0 fully saturated rings. The Morgan fingerprint density at radius 3 is 2.38 bits per heavy atom. The number of hydrogen-bond acceptors (Lipinski definition) is 6. The van der Waals surface area contributed by atoms with Crippen LogP contribution in [0.2, 0.25) is 5.02 Å². The number of benzene rings is 1. The standard InChI is InChI=1S/C17H19ClO6/c1-8-5-9(19)6-12(20)17(8,2)16(22)13-10(23-3)7-11(24-4)14(18)15(13)21/h6-8,20-21H,5H2,1-4H3/t8-,17-/m1/s1. The zero-order valence-corrected chi connectivity index (χ0v) is 14.6. The zero-order valence-electron chi connectivity index (χ0n) is 13.8. The number of methoxy groups -OCH3 is 2. The van der Waals surface area contributed by atoms with E-state index in [0.717, 1.165) is 6.08 Å². The van der Waals surface area contributed by atoms with Crippen LogP contribution in [0.1, 0.15) is 30.6 Å². The number of carbonyl (C=O) groups excluding carboxylic acids is 2. The van der Waals surface area contributed by atoms with Gasteiger partial charge in [0.15, 0.2) is 17.3 Å². The molecule has 1 aliphatic rings. The predicted octanol–water partition coefficient (Wildman–Crippen LogP) is 3.30. The minimum absolute atomic E-state index is 0.0666. The first-order valence-corrected chi connectivity index (χ1v) is 7.68. The van der Waals surface area contributed by atoms with Crippen molar-refractivity contribution in [2.75, 3.05) is 14.2 Å². The largest absolute Gasteiger partial charge is 0.511 e. The summed E-state index contributed by atoms with van der Waals surface area (Å²) in [4.78, 5) is 24.7. The second-order valence-electron chi connectivity index (χ2n) is 5.95. The van der Waals surface area contributed by atoms with Crippen LogP contribution >= 0.6 is 11.6 Å². The Labute approximate surface area is 144 Å². The molecule has 0 unspecified atom stereocenters. The van der Waals surface area contributed by atoms with E-state index in [1.807, 2.05) is 0 Å². The maximum atomic E-state index is 13.1. The van der Waals surface area contributed by atoms with Gasteiger partial charge in [-0.05, 0) is 12.8 Å². The second-order valence-corrected chi connectivity index (χ2v) is 6.33. The summed E-state index contributed by atoms with van der Waals surface area (Å²) >= 11 is 6.04. The van der Waals surface area contributed by atoms with Crippen LogP contribution in [0.15, 0.2) is 17.9 Å². The third-order valence-corrected chi connectivity index (χ3v) is 5.00. The Hall–Kier alpha value is -2.21. The first-order chi connectivity index (χ1) is 11.2. The van der Waals surface area contributed by atoms with Gasteiger partial charge in [0.1, 0.15) is 27.8 Å². The Kier molecular flexibility index (Phi) is 4.80. The fraction of sp³-hybridized carbons (Fsp3) is 0.412. The fourth-order valence-electron chi connectivity index (χ4n) is 2.85. The molecule has 6 nitrogen and oxygen atoms in total. The van der Waals surface area contributed by atoms with Gasteiger partial charge in [-0.25, -0.2) is 0 Å². The quantitative estimate of drug-likeness (QED) is 0.806. The molecule has 1 aromatic carbocycles. The van der Waals surface area contributed by atoms with E-state index in [2.05, 4.69) is 0 Å². The van der Waals surface area contributed by atoms with Crippen molar-refractivity contribution in [1.29, 1.82) is 0 Å². The second kappa shape index (κ2) is 6.36. The van der Waals surface area contributed by atoms with E-state index in [1.54, 1.807) is 6.92 Å². The van der Waals surface area contributed by atoms with Crippen molar-refractivity contribution < 1.29 is 29.3 Å². The lowest BCUT2D eigenvalue weighted by atomic mass is 9.66. The van der Waals surface area contributed by atoms with Gasteiger partial charge in [0.2, 0.25) is 0 Å². The number of carbonyl (C=O) groups is 2. The number of ketones is 2. The van der Waals surface area contributed by atoms with E-state index >= 15 is 0 Å². The molecule has 0 spiro atoms. The van der Waals surface area contributed by atoms with Crippen LogP contribution < -0.4 is 9.47 Å². The minimum atomic E-state index is -1.38. The molecule has 2 atom stereocenters. The van der Waals surface area contributed by atoms with Crippen LogP contribution in [0, 0.1) is 11.3 Å². The maximum Gasteiger partial charge on any atom is 0.184 e. The number of aliphatic hydroxyl groups is 1. The van der Waals surface area contributed by atoms with E-state index in [1.165, 1.54) is 27.2 Å². The van der Waals surface area contributed by atoms with Gasteiger partial charge < -0.3 is 19.7 Å². The predicted molar refractivity (Wildman–Crippen MR) is 88.2 cm³/mol. The third kappa shape index (κ3) is 2.60. The van der Waals surface area contributed by atoms with E-state index in [0.29, 0.717) is 0 Å². The number of hydrogen-bond donors (Lipinski definition) is 2. The first kappa shape index (κ1) is 18.1. The van der Waals surface area contributed by atoms with Crippen molar-refractivity contribution >= 4 is 23.2 Å². The topological polar surface area (TPSA) is 93.1 Å². The van der Waals surface area contributed by atoms with Crippen LogP contribution in [0.5, 0.6) is 17.2 Å². The molecule has 0 saturated carbocycles. The summed E-state index contributed by atoms with van der Waals surface area (Å²) in [6.07, 6.45) is 1.16. The first-order valence-electron chi connectivity index (χ1n) is 7.30. The summed E-state index contributed by atoms with van der Waals surface area (Å²) in [7, 11) is 2.71. The van der Waals surface area contributed by atoms with Crippen molar-refractivity contribution in [3.63, 3.8) is 0 Å². The van der Waals surface area contributed by atoms with Gasteiger partial charge in [0, 0.05) is 18.6 Å². The van der Waals surface area contributed by atoms with Crippen molar-refractivity contribution in [3.05, 3.63) is 28.5 Å². The monoisotopic (exact) mass is 354 g/mol. The van der Waals surface area contributed by atoms with E-state index in [4.69, 9.17) is 21.1 Å². The van der Waals surface area contributed by atoms with Gasteiger partial charge in [-0.3, -0.25) is 9.59 Å². The molecule has 7 heteroatoms. The smallest absolute Gasteiger partial charge is 0.184 e. The average molecular weight is 355 g/mol. The van der Waals surface area contributed by atoms with Crippen LogP contribution in [-0.2, 0) is 4.79 Å². The van der Waals surface area contributed by atoms with Crippen molar-refractivity contribution in [3.8, 4) is 17.2 Å². The molecule has 2 rings (SSSR count). The Bertz CT molecular complexity index is 739. The number of rotatable bonds is 4. The molecule has 0 heterocycles. The van der Waals surface area contributed by atoms with Gasteiger partial charge in [-0.2, -0.15) is 0 Å². The Morgan fingerprint density at radius 1 is 1.29 bits per heavy atom. The van der Waals surface area contributed by atoms with Gasteiger partial charge in [0.25, 0.3) is 0 Å². The highest BCUT2D eigenvalue weighted by Crippen LogP contribution is 2.49. The minimum Gasteiger partial charge on any atom is -0.511 e. The molecule has 1 aromatic rings. The Morgan fingerprint density at radius 2 is 1.88 bits per heavy atom. The molecular weight excluding hydrogens is 336 g/mol. The fourth-order valence-corrected chi connectivity index (χ4v) is 3.07. The number of allylic oxidation sites excluding steroid dienone is 2. The highest BCUT2D eigenvalue weighted by Gasteiger charge is 2.48. The number of phenols is 1. The number of aliphatic hydroxyl groups excluding tert-OH is 1. The molecule has 24 heavy (non-hydrogen) atoms. The summed E-state index contributed by atoms with van der Waals surface area (Å²) in [5, 5.41) is 20.5. The van der Waals surface area contributed by atoms with Crippen LogP contribution in [0.25, 0.3) is 0 Å². The number of phenolic OH excluding ortho intramolecular Hbond substituents is 1. The maximum absolute atomic E-state index is 13.1. The van der Waals surface area contributed by atoms with Crippen LogP contribution in [0.4, 0.5) is 0 Å². The van der Waals surface area contributed by atoms with Gasteiger partial charge in [-0.1, -0.05) is 18.5 Å². The van der Waals surface area contributed by atoms with Gasteiger partial charge in [-0.15, -0.1) is 0 Å². The molecule has 0 saturated heterocycles. The molecule has 0 bridgehead atoms. The normalized spacial score (nSPS) is 23.6. The summed E-state index contributed by atoms with van der Waals surface area (Å²) in [6.45, 7) is 3.21. The number of Topliss-reactive ketones (excluding diaryl/α,β-unsaturated/α-hetero) is 1. The van der Waals surface area contributed by atoms with E-state index in [9.17, 15) is 19.8 Å². The summed E-state index contributed by atoms with van der Waals surface area (Å²) in [5.41, 5.74) is -1.54. The summed E-state index contributed by atoms with van der Waals surface area (Å²) < 4.78 is 10.2. The Balaban J connectivity index is 2.68. The lowest BCUT2D eigenvalue weighted by Crippen LogP contribution is -2.40. The number of ether oxygens (including phenoxy) is 2. The van der Waals surface area contributed by atoms with Crippen molar-refractivity contribution in [2.45, 2.75) is 20.3 Å². The van der Waals surface area contributed by atoms with Crippen LogP contribution in [0.3, 0.4) is 0 Å². The van der Waals surface area contributed by atoms with E-state index in [-0.39, 0.29) is 40.0 Å². The molecule has 0 aromatic heterocycles. The highest BCUT2D eigenvalue weighted by atomic mass is 35.5.